The fourth-order valence-electron chi connectivity index (χ4n) is 4.14. The lowest BCUT2D eigenvalue weighted by molar-refractivity contribution is 0.310. The number of benzene rings is 2. The Kier molecular flexibility index (Phi) is 5.87. The van der Waals surface area contributed by atoms with E-state index in [1.165, 1.54) is 12.5 Å². The van der Waals surface area contributed by atoms with Crippen LogP contribution >= 0.6 is 0 Å². The van der Waals surface area contributed by atoms with Gasteiger partial charge >= 0.3 is 0 Å². The van der Waals surface area contributed by atoms with E-state index < -0.39 is 20.9 Å². The summed E-state index contributed by atoms with van der Waals surface area (Å²) in [6, 6.07) is 8.62. The van der Waals surface area contributed by atoms with E-state index in [2.05, 4.69) is 25.6 Å². The molecule has 36 heavy (non-hydrogen) atoms. The lowest BCUT2D eigenvalue weighted by Gasteiger charge is -2.22. The molecule has 0 unspecified atom stereocenters. The lowest BCUT2D eigenvalue weighted by atomic mass is 9.98. The van der Waals surface area contributed by atoms with E-state index in [9.17, 15) is 8.42 Å². The van der Waals surface area contributed by atoms with E-state index in [-0.39, 0.29) is 11.3 Å². The minimum absolute atomic E-state index is 0.0468. The second-order valence-corrected chi connectivity index (χ2v) is 11.1. The minimum Gasteiger partial charge on any atom is -0.474 e. The van der Waals surface area contributed by atoms with E-state index in [1.807, 2.05) is 6.92 Å². The third kappa shape index (κ3) is 4.26. The molecule has 186 valence electrons. The summed E-state index contributed by atoms with van der Waals surface area (Å²) in [6.07, 6.45) is 4.26. The first-order valence-electron chi connectivity index (χ1n) is 11.3. The molecule has 4 N–H and O–H groups in total. The molecule has 1 aliphatic heterocycles. The van der Waals surface area contributed by atoms with E-state index >= 15 is 4.39 Å². The number of hydrogen-bond donors (Lipinski definition) is 3. The van der Waals surface area contributed by atoms with Crippen LogP contribution in [0.25, 0.3) is 22.0 Å². The number of hydrogen-bond acceptors (Lipinski definition) is 9. The first kappa shape index (κ1) is 23.7. The number of nitrogen functional groups attached to an aromatic ring is 1. The van der Waals surface area contributed by atoms with Gasteiger partial charge in [-0.2, -0.15) is 0 Å². The van der Waals surface area contributed by atoms with E-state index in [1.54, 1.807) is 43.5 Å². The van der Waals surface area contributed by atoms with Crippen LogP contribution in [-0.2, 0) is 9.84 Å². The maximum absolute atomic E-state index is 15.3. The van der Waals surface area contributed by atoms with Crippen molar-refractivity contribution in [3.05, 3.63) is 59.7 Å². The molecule has 1 aliphatic rings. The molecular formula is C25H25FN6O3S. The van der Waals surface area contributed by atoms with E-state index in [0.29, 0.717) is 52.7 Å². The average Bonchev–Trinajstić information content (AvgIpc) is 2.86. The van der Waals surface area contributed by atoms with E-state index in [0.717, 1.165) is 11.3 Å². The summed E-state index contributed by atoms with van der Waals surface area (Å²) < 4.78 is 44.6. The molecule has 1 atom stereocenters. The zero-order valence-corrected chi connectivity index (χ0v) is 20.8. The second kappa shape index (κ2) is 8.90. The van der Waals surface area contributed by atoms with Crippen molar-refractivity contribution < 1.29 is 17.5 Å². The number of aromatic nitrogens is 3. The Labute approximate surface area is 207 Å². The first-order chi connectivity index (χ1) is 17.1. The van der Waals surface area contributed by atoms with Crippen LogP contribution in [0.3, 0.4) is 0 Å². The summed E-state index contributed by atoms with van der Waals surface area (Å²) in [4.78, 5) is 13.2. The summed E-state index contributed by atoms with van der Waals surface area (Å²) in [6.45, 7) is 4.67. The minimum atomic E-state index is -3.20. The Bertz CT molecular complexity index is 1590. The van der Waals surface area contributed by atoms with Crippen LogP contribution in [0.1, 0.15) is 23.3 Å². The lowest BCUT2D eigenvalue weighted by Crippen LogP contribution is -2.20. The van der Waals surface area contributed by atoms with Gasteiger partial charge in [0.05, 0.1) is 16.5 Å². The molecule has 0 saturated heterocycles. The van der Waals surface area contributed by atoms with Gasteiger partial charge in [-0.25, -0.2) is 27.8 Å². The molecule has 0 radical (unpaired) electrons. The van der Waals surface area contributed by atoms with E-state index in [4.69, 9.17) is 10.5 Å². The highest BCUT2D eigenvalue weighted by Crippen LogP contribution is 2.39. The summed E-state index contributed by atoms with van der Waals surface area (Å²) in [5.74, 6) is 0.213. The molecule has 0 saturated carbocycles. The highest BCUT2D eigenvalue weighted by molar-refractivity contribution is 7.90. The third-order valence-corrected chi connectivity index (χ3v) is 7.93. The zero-order chi connectivity index (χ0) is 25.6. The molecule has 5 rings (SSSR count). The second-order valence-electron chi connectivity index (χ2n) is 8.75. The topological polar surface area (TPSA) is 132 Å². The van der Waals surface area contributed by atoms with Gasteiger partial charge in [-0.3, -0.25) is 0 Å². The Morgan fingerprint density at radius 3 is 2.64 bits per heavy atom. The molecule has 0 bridgehead atoms. The van der Waals surface area contributed by atoms with Gasteiger partial charge in [0.1, 0.15) is 12.3 Å². The summed E-state index contributed by atoms with van der Waals surface area (Å²) >= 11 is 0. The van der Waals surface area contributed by atoms with Crippen LogP contribution in [0, 0.1) is 12.7 Å². The Morgan fingerprint density at radius 2 is 1.92 bits per heavy atom. The van der Waals surface area contributed by atoms with Gasteiger partial charge in [-0.15, -0.1) is 0 Å². The van der Waals surface area contributed by atoms with Crippen LogP contribution in [0.2, 0.25) is 0 Å². The van der Waals surface area contributed by atoms with Crippen molar-refractivity contribution in [1.82, 2.24) is 15.0 Å². The summed E-state index contributed by atoms with van der Waals surface area (Å²) in [5, 5.41) is 6.14. The SMILES string of the molecule is Cc1c(-c2cc3nc(Nc4ccc([C@@H](C)S(C)(=O)=O)cc4)ncc3c(N)c2F)cnc2c1NCCO2. The number of anilines is 4. The molecule has 11 heteroatoms. The van der Waals surface area contributed by atoms with Crippen LogP contribution in [0.5, 0.6) is 5.88 Å². The first-order valence-corrected chi connectivity index (χ1v) is 13.3. The van der Waals surface area contributed by atoms with Crippen LogP contribution in [0.4, 0.5) is 27.4 Å². The monoisotopic (exact) mass is 508 g/mol. The van der Waals surface area contributed by atoms with Gasteiger partial charge in [-0.1, -0.05) is 12.1 Å². The quantitative estimate of drug-likeness (QED) is 0.336. The van der Waals surface area contributed by atoms with Crippen molar-refractivity contribution in [3.63, 3.8) is 0 Å². The Balaban J connectivity index is 1.50. The van der Waals surface area contributed by atoms with Crippen molar-refractivity contribution in [2.45, 2.75) is 19.1 Å². The number of rotatable bonds is 5. The van der Waals surface area contributed by atoms with Crippen LogP contribution in [-0.4, -0.2) is 42.8 Å². The molecule has 3 heterocycles. The fraction of sp³-hybridized carbons (Fsp3) is 0.240. The van der Waals surface area contributed by atoms with Gasteiger partial charge in [0.2, 0.25) is 11.8 Å². The molecule has 2 aromatic heterocycles. The third-order valence-electron chi connectivity index (χ3n) is 6.38. The Morgan fingerprint density at radius 1 is 1.17 bits per heavy atom. The molecule has 2 aromatic carbocycles. The molecule has 4 aromatic rings. The molecule has 9 nitrogen and oxygen atoms in total. The number of nitrogens with zero attached hydrogens (tertiary/aromatic N) is 3. The number of ether oxygens (including phenoxy) is 1. The predicted octanol–water partition coefficient (Wildman–Crippen LogP) is 4.38. The standard InChI is InChI=1S/C25H25FN6O3S/c1-13-18(11-29-24-23(13)28-8-9-35-24)17-10-20-19(22(27)21(17)26)12-30-25(32-20)31-16-6-4-15(5-7-16)14(2)36(3,33)34/h4-7,10-12,14,28H,8-9,27H2,1-3H3,(H,30,31,32)/t14-/m1/s1. The van der Waals surface area contributed by atoms with Gasteiger partial charge in [0.15, 0.2) is 15.7 Å². The van der Waals surface area contributed by atoms with Gasteiger partial charge in [0, 0.05) is 47.4 Å². The van der Waals surface area contributed by atoms with Crippen molar-refractivity contribution in [2.75, 3.05) is 35.8 Å². The number of nitrogens with two attached hydrogens (primary N) is 1. The van der Waals surface area contributed by atoms with Gasteiger partial charge in [0.25, 0.3) is 0 Å². The summed E-state index contributed by atoms with van der Waals surface area (Å²) in [5.41, 5.74) is 10.3. The largest absolute Gasteiger partial charge is 0.474 e. The molecule has 0 amide bonds. The number of nitrogens with one attached hydrogen (secondary N) is 2. The normalized spacial score (nSPS) is 14.0. The maximum Gasteiger partial charge on any atom is 0.237 e. The molecule has 0 aliphatic carbocycles. The summed E-state index contributed by atoms with van der Waals surface area (Å²) in [7, 11) is -3.20. The smallest absolute Gasteiger partial charge is 0.237 e. The van der Waals surface area contributed by atoms with Crippen molar-refractivity contribution in [1.29, 1.82) is 0 Å². The van der Waals surface area contributed by atoms with Crippen molar-refractivity contribution in [3.8, 4) is 17.0 Å². The van der Waals surface area contributed by atoms with Crippen molar-refractivity contribution in [2.24, 2.45) is 0 Å². The van der Waals surface area contributed by atoms with Crippen LogP contribution in [0.15, 0.2) is 42.7 Å². The number of sulfone groups is 1. The maximum atomic E-state index is 15.3. The van der Waals surface area contributed by atoms with Gasteiger partial charge in [-0.05, 0) is 43.2 Å². The highest BCUT2D eigenvalue weighted by atomic mass is 32.2. The molecular weight excluding hydrogens is 483 g/mol. The highest BCUT2D eigenvalue weighted by Gasteiger charge is 2.21. The fourth-order valence-corrected chi connectivity index (χ4v) is 4.79. The average molecular weight is 509 g/mol. The molecule has 0 fully saturated rings. The van der Waals surface area contributed by atoms with Crippen molar-refractivity contribution >= 4 is 43.8 Å². The van der Waals surface area contributed by atoms with Gasteiger partial charge < -0.3 is 21.1 Å². The molecule has 0 spiro atoms. The zero-order valence-electron chi connectivity index (χ0n) is 20.0. The number of pyridine rings is 1. The van der Waals surface area contributed by atoms with Crippen LogP contribution < -0.4 is 21.1 Å². The predicted molar refractivity (Wildman–Crippen MR) is 139 cm³/mol. The number of halogens is 1. The Hall–Kier alpha value is -3.99. The number of fused-ring (bicyclic) bond motifs is 2.